The van der Waals surface area contributed by atoms with Gasteiger partial charge in [-0.05, 0) is 13.3 Å². The van der Waals surface area contributed by atoms with E-state index in [0.29, 0.717) is 11.8 Å². The van der Waals surface area contributed by atoms with Gasteiger partial charge >= 0.3 is 11.9 Å². The van der Waals surface area contributed by atoms with Crippen molar-refractivity contribution < 1.29 is 13.9 Å². The highest BCUT2D eigenvalue weighted by Crippen LogP contribution is 2.18. The van der Waals surface area contributed by atoms with E-state index in [0.717, 1.165) is 12.2 Å². The number of unbranched alkanes of at least 4 members (excludes halogenated alkanes) is 2. The predicted molar refractivity (Wildman–Crippen MR) is 60.5 cm³/mol. The van der Waals surface area contributed by atoms with E-state index in [2.05, 4.69) is 17.1 Å². The lowest BCUT2D eigenvalue weighted by molar-refractivity contribution is 0.0475. The van der Waals surface area contributed by atoms with E-state index in [1.165, 1.54) is 24.6 Å². The summed E-state index contributed by atoms with van der Waals surface area (Å²) in [5.41, 5.74) is 0. The Hall–Kier alpha value is -1.04. The van der Waals surface area contributed by atoms with Crippen LogP contribution in [0.15, 0.2) is 9.64 Å². The van der Waals surface area contributed by atoms with E-state index < -0.39 is 5.97 Å². The van der Waals surface area contributed by atoms with Crippen LogP contribution in [0.4, 0.5) is 0 Å². The van der Waals surface area contributed by atoms with Crippen molar-refractivity contribution in [1.29, 1.82) is 0 Å². The van der Waals surface area contributed by atoms with Gasteiger partial charge in [-0.1, -0.05) is 36.6 Å². The zero-order chi connectivity index (χ0) is 11.8. The van der Waals surface area contributed by atoms with Crippen molar-refractivity contribution in [3.8, 4) is 0 Å². The molecule has 0 aliphatic heterocycles. The van der Waals surface area contributed by atoms with Crippen LogP contribution >= 0.6 is 11.8 Å². The third kappa shape index (κ3) is 4.22. The molecule has 0 saturated carbocycles. The monoisotopic (exact) mass is 244 g/mol. The van der Waals surface area contributed by atoms with Gasteiger partial charge in [0.15, 0.2) is 0 Å². The molecule has 0 spiro atoms. The lowest BCUT2D eigenvalue weighted by Crippen LogP contribution is -2.04. The van der Waals surface area contributed by atoms with E-state index in [-0.39, 0.29) is 5.89 Å². The van der Waals surface area contributed by atoms with Crippen LogP contribution in [0.2, 0.25) is 0 Å². The third-order valence-electron chi connectivity index (χ3n) is 1.83. The second kappa shape index (κ2) is 7.27. The van der Waals surface area contributed by atoms with Crippen molar-refractivity contribution in [3.05, 3.63) is 5.89 Å². The van der Waals surface area contributed by atoms with Gasteiger partial charge in [0.1, 0.15) is 0 Å². The lowest BCUT2D eigenvalue weighted by atomic mass is 10.3. The number of nitrogens with zero attached hydrogens (tertiary/aromatic N) is 2. The average molecular weight is 244 g/mol. The molecule has 1 aromatic rings. The second-order valence-corrected chi connectivity index (χ2v) is 4.20. The van der Waals surface area contributed by atoms with Crippen LogP contribution in [-0.4, -0.2) is 28.5 Å². The minimum atomic E-state index is -0.560. The van der Waals surface area contributed by atoms with Crippen LogP contribution in [0.5, 0.6) is 0 Å². The second-order valence-electron chi connectivity index (χ2n) is 3.15. The zero-order valence-electron chi connectivity index (χ0n) is 9.56. The number of thioether (sulfide) groups is 1. The molecule has 90 valence electrons. The van der Waals surface area contributed by atoms with E-state index in [1.807, 2.05) is 0 Å². The Kier molecular flexibility index (Phi) is 5.92. The van der Waals surface area contributed by atoms with E-state index in [9.17, 15) is 4.79 Å². The molecule has 0 aliphatic rings. The lowest BCUT2D eigenvalue weighted by Gasteiger charge is -1.95. The highest BCUT2D eigenvalue weighted by Gasteiger charge is 2.15. The fourth-order valence-electron chi connectivity index (χ4n) is 1.05. The Morgan fingerprint density at radius 2 is 2.19 bits per heavy atom. The molecule has 6 heteroatoms. The molecule has 1 heterocycles. The van der Waals surface area contributed by atoms with Gasteiger partial charge in [0.05, 0.1) is 6.61 Å². The maximum Gasteiger partial charge on any atom is 0.396 e. The Morgan fingerprint density at radius 1 is 1.38 bits per heavy atom. The predicted octanol–water partition coefficient (Wildman–Crippen LogP) is 2.53. The standard InChI is InChI=1S/C10H16N2O3S/c1-3-5-6-7-16-10-12-11-8(15-10)9(13)14-4-2/h3-7H2,1-2H3. The highest BCUT2D eigenvalue weighted by atomic mass is 32.2. The molecule has 5 nitrogen and oxygen atoms in total. The normalized spacial score (nSPS) is 10.4. The summed E-state index contributed by atoms with van der Waals surface area (Å²) >= 11 is 1.47. The van der Waals surface area contributed by atoms with Crippen LogP contribution in [0.3, 0.4) is 0 Å². The van der Waals surface area contributed by atoms with Crippen LogP contribution in [0.25, 0.3) is 0 Å². The van der Waals surface area contributed by atoms with Gasteiger partial charge in [-0.3, -0.25) is 0 Å². The van der Waals surface area contributed by atoms with Crippen molar-refractivity contribution in [2.75, 3.05) is 12.4 Å². The molecule has 0 fully saturated rings. The third-order valence-corrected chi connectivity index (χ3v) is 2.73. The van der Waals surface area contributed by atoms with E-state index in [1.54, 1.807) is 6.92 Å². The van der Waals surface area contributed by atoms with Gasteiger partial charge in [-0.2, -0.15) is 0 Å². The Balaban J connectivity index is 2.36. The summed E-state index contributed by atoms with van der Waals surface area (Å²) in [6.07, 6.45) is 3.47. The first-order chi connectivity index (χ1) is 7.77. The number of ether oxygens (including phenoxy) is 1. The first kappa shape index (κ1) is 13.0. The molecule has 0 atom stereocenters. The van der Waals surface area contributed by atoms with Crippen LogP contribution in [0, 0.1) is 0 Å². The van der Waals surface area contributed by atoms with Gasteiger partial charge in [0.2, 0.25) is 0 Å². The molecule has 0 radical (unpaired) electrons. The molecule has 1 rings (SSSR count). The molecular weight excluding hydrogens is 228 g/mol. The Labute approximate surface area is 99.0 Å². The van der Waals surface area contributed by atoms with Gasteiger partial charge < -0.3 is 9.15 Å². The van der Waals surface area contributed by atoms with Gasteiger partial charge in [0, 0.05) is 5.75 Å². The molecule has 0 saturated heterocycles. The maximum absolute atomic E-state index is 11.2. The SMILES string of the molecule is CCCCCSc1nnc(C(=O)OCC)o1. The maximum atomic E-state index is 11.2. The number of esters is 1. The molecular formula is C10H16N2O3S. The molecule has 0 unspecified atom stereocenters. The largest absolute Gasteiger partial charge is 0.459 e. The molecule has 0 N–H and O–H groups in total. The first-order valence-electron chi connectivity index (χ1n) is 5.41. The van der Waals surface area contributed by atoms with E-state index >= 15 is 0 Å². The van der Waals surface area contributed by atoms with Crippen molar-refractivity contribution in [2.24, 2.45) is 0 Å². The van der Waals surface area contributed by atoms with Crippen LogP contribution in [-0.2, 0) is 4.74 Å². The zero-order valence-corrected chi connectivity index (χ0v) is 10.4. The number of hydrogen-bond acceptors (Lipinski definition) is 6. The fraction of sp³-hybridized carbons (Fsp3) is 0.700. The molecule has 0 aromatic carbocycles. The number of aromatic nitrogens is 2. The summed E-state index contributed by atoms with van der Waals surface area (Å²) in [7, 11) is 0. The summed E-state index contributed by atoms with van der Waals surface area (Å²) in [6.45, 7) is 4.19. The van der Waals surface area contributed by atoms with Crippen molar-refractivity contribution >= 4 is 17.7 Å². The summed E-state index contributed by atoms with van der Waals surface area (Å²) in [6, 6.07) is 0. The quantitative estimate of drug-likeness (QED) is 0.417. The summed E-state index contributed by atoms with van der Waals surface area (Å²) in [4.78, 5) is 11.2. The smallest absolute Gasteiger partial charge is 0.396 e. The van der Waals surface area contributed by atoms with Crippen molar-refractivity contribution in [1.82, 2.24) is 10.2 Å². The Bertz CT molecular complexity index is 328. The first-order valence-corrected chi connectivity index (χ1v) is 6.39. The topological polar surface area (TPSA) is 65.2 Å². The van der Waals surface area contributed by atoms with Crippen LogP contribution < -0.4 is 0 Å². The summed E-state index contributed by atoms with van der Waals surface area (Å²) < 4.78 is 9.88. The van der Waals surface area contributed by atoms with E-state index in [4.69, 9.17) is 9.15 Å². The molecule has 1 aromatic heterocycles. The highest BCUT2D eigenvalue weighted by molar-refractivity contribution is 7.99. The molecule has 0 amide bonds. The number of rotatable bonds is 7. The van der Waals surface area contributed by atoms with Gasteiger partial charge in [-0.25, -0.2) is 4.79 Å². The van der Waals surface area contributed by atoms with Crippen LogP contribution in [0.1, 0.15) is 43.8 Å². The van der Waals surface area contributed by atoms with Gasteiger partial charge in [0.25, 0.3) is 5.22 Å². The minimum absolute atomic E-state index is 0.0696. The number of carbonyl (C=O) groups excluding carboxylic acids is 1. The van der Waals surface area contributed by atoms with Gasteiger partial charge in [-0.15, -0.1) is 5.10 Å². The average Bonchev–Trinajstić information content (AvgIpc) is 2.73. The number of hydrogen-bond donors (Lipinski definition) is 0. The molecule has 0 bridgehead atoms. The molecule has 0 aliphatic carbocycles. The fourth-order valence-corrected chi connectivity index (χ4v) is 1.81. The summed E-state index contributed by atoms with van der Waals surface area (Å²) in [5, 5.41) is 7.81. The van der Waals surface area contributed by atoms with Crippen molar-refractivity contribution in [3.63, 3.8) is 0 Å². The number of carbonyl (C=O) groups is 1. The summed E-state index contributed by atoms with van der Waals surface area (Å²) in [5.74, 6) is 0.299. The molecule has 16 heavy (non-hydrogen) atoms. The minimum Gasteiger partial charge on any atom is -0.459 e. The van der Waals surface area contributed by atoms with Crippen molar-refractivity contribution in [2.45, 2.75) is 38.3 Å². The Morgan fingerprint density at radius 3 is 2.88 bits per heavy atom.